The van der Waals surface area contributed by atoms with E-state index >= 15 is 0 Å². The van der Waals surface area contributed by atoms with Gasteiger partial charge in [-0.05, 0) is 13.8 Å². The highest BCUT2D eigenvalue weighted by Crippen LogP contribution is 2.26. The van der Waals surface area contributed by atoms with Crippen LogP contribution >= 0.6 is 11.8 Å². The molecule has 0 saturated carbocycles. The highest BCUT2D eigenvalue weighted by molar-refractivity contribution is 8.00. The van der Waals surface area contributed by atoms with Crippen molar-refractivity contribution in [1.29, 1.82) is 0 Å². The zero-order valence-corrected chi connectivity index (χ0v) is 10.8. The molecule has 2 N–H and O–H groups in total. The molecule has 16 heavy (non-hydrogen) atoms. The summed E-state index contributed by atoms with van der Waals surface area (Å²) >= 11 is 1.39. The average Bonchev–Trinajstić information content (AvgIpc) is 2.16. The van der Waals surface area contributed by atoms with Crippen molar-refractivity contribution in [1.82, 2.24) is 0 Å². The fourth-order valence-electron chi connectivity index (χ4n) is 0.955. The van der Waals surface area contributed by atoms with Gasteiger partial charge in [0, 0.05) is 12.3 Å². The third-order valence-electron chi connectivity index (χ3n) is 1.69. The molecule has 0 aromatic heterocycles. The average molecular weight is 249 g/mol. The van der Waals surface area contributed by atoms with Crippen LogP contribution in [-0.2, 0) is 19.1 Å². The Kier molecular flexibility index (Phi) is 7.16. The molecule has 0 rings (SSSR count). The second kappa shape index (κ2) is 7.51. The Balaban J connectivity index is 3.86. The maximum atomic E-state index is 11.2. The summed E-state index contributed by atoms with van der Waals surface area (Å²) in [5.41, 5.74) is 5.24. The summed E-state index contributed by atoms with van der Waals surface area (Å²) in [6.07, 6.45) is 0.514. The predicted molar refractivity (Wildman–Crippen MR) is 62.9 cm³/mol. The number of carbonyl (C=O) groups is 2. The summed E-state index contributed by atoms with van der Waals surface area (Å²) in [6.45, 7) is 3.84. The van der Waals surface area contributed by atoms with Gasteiger partial charge in [0.25, 0.3) is 0 Å². The van der Waals surface area contributed by atoms with Gasteiger partial charge in [-0.3, -0.25) is 9.59 Å². The van der Waals surface area contributed by atoms with Gasteiger partial charge in [-0.15, -0.1) is 11.8 Å². The minimum atomic E-state index is -0.639. The van der Waals surface area contributed by atoms with Crippen molar-refractivity contribution in [2.75, 3.05) is 19.4 Å². The largest absolute Gasteiger partial charge is 0.469 e. The molecule has 0 atom stereocenters. The van der Waals surface area contributed by atoms with Crippen molar-refractivity contribution >= 4 is 23.7 Å². The van der Waals surface area contributed by atoms with Gasteiger partial charge >= 0.3 is 11.9 Å². The summed E-state index contributed by atoms with van der Waals surface area (Å²) < 4.78 is 9.69. The van der Waals surface area contributed by atoms with E-state index in [9.17, 15) is 9.59 Å². The number of rotatable bonds is 7. The molecule has 6 heteroatoms. The Morgan fingerprint density at radius 2 is 1.88 bits per heavy atom. The minimum absolute atomic E-state index is 0.209. The van der Waals surface area contributed by atoms with E-state index in [4.69, 9.17) is 10.5 Å². The van der Waals surface area contributed by atoms with Gasteiger partial charge in [0.15, 0.2) is 4.93 Å². The fourth-order valence-corrected chi connectivity index (χ4v) is 1.87. The number of ether oxygens (including phenoxy) is 2. The molecule has 0 bridgehead atoms. The number of esters is 2. The summed E-state index contributed by atoms with van der Waals surface area (Å²) in [4.78, 5) is 21.4. The molecule has 0 radical (unpaired) electrons. The highest BCUT2D eigenvalue weighted by atomic mass is 32.2. The van der Waals surface area contributed by atoms with E-state index in [2.05, 4.69) is 4.74 Å². The molecule has 0 heterocycles. The Bertz CT molecular complexity index is 243. The standard InChI is InChI=1S/C10H19NO4S/c1-10(2,15-9(13)4-6-11)16-7-5-8(12)14-3/h4-7,11H2,1-3H3. The van der Waals surface area contributed by atoms with E-state index in [1.807, 2.05) is 0 Å². The monoisotopic (exact) mass is 249 g/mol. The van der Waals surface area contributed by atoms with Crippen molar-refractivity contribution in [3.63, 3.8) is 0 Å². The quantitative estimate of drug-likeness (QED) is 0.534. The van der Waals surface area contributed by atoms with E-state index < -0.39 is 4.93 Å². The Morgan fingerprint density at radius 1 is 1.25 bits per heavy atom. The molecule has 0 aliphatic rings. The fraction of sp³-hybridized carbons (Fsp3) is 0.800. The smallest absolute Gasteiger partial charge is 0.308 e. The molecule has 0 aromatic rings. The number of thioether (sulfide) groups is 1. The van der Waals surface area contributed by atoms with Gasteiger partial charge in [-0.1, -0.05) is 0 Å². The number of methoxy groups -OCH3 is 1. The molecule has 5 nitrogen and oxygen atoms in total. The zero-order chi connectivity index (χ0) is 12.6. The Morgan fingerprint density at radius 3 is 2.38 bits per heavy atom. The maximum absolute atomic E-state index is 11.2. The van der Waals surface area contributed by atoms with Crippen LogP contribution in [-0.4, -0.2) is 36.3 Å². The first-order chi connectivity index (χ1) is 7.41. The zero-order valence-electron chi connectivity index (χ0n) is 9.95. The van der Waals surface area contributed by atoms with Crippen molar-refractivity contribution < 1.29 is 19.1 Å². The number of nitrogens with two attached hydrogens (primary N) is 1. The molecule has 0 fully saturated rings. The van der Waals surface area contributed by atoms with E-state index in [0.29, 0.717) is 12.2 Å². The topological polar surface area (TPSA) is 78.6 Å². The lowest BCUT2D eigenvalue weighted by Gasteiger charge is -2.24. The lowest BCUT2D eigenvalue weighted by Crippen LogP contribution is -2.26. The SMILES string of the molecule is COC(=O)CCSC(C)(C)OC(=O)CCN. The first kappa shape index (κ1) is 15.2. The highest BCUT2D eigenvalue weighted by Gasteiger charge is 2.23. The molecule has 0 saturated heterocycles. The van der Waals surface area contributed by atoms with E-state index in [0.717, 1.165) is 0 Å². The van der Waals surface area contributed by atoms with Crippen molar-refractivity contribution in [3.8, 4) is 0 Å². The predicted octanol–water partition coefficient (Wildman–Crippen LogP) is 0.911. The first-order valence-electron chi connectivity index (χ1n) is 5.04. The Hall–Kier alpha value is -0.750. The third kappa shape index (κ3) is 7.53. The normalized spacial score (nSPS) is 11.0. The van der Waals surface area contributed by atoms with E-state index in [1.54, 1.807) is 13.8 Å². The van der Waals surface area contributed by atoms with Gasteiger partial charge < -0.3 is 15.2 Å². The van der Waals surface area contributed by atoms with Crippen LogP contribution in [0.15, 0.2) is 0 Å². The maximum Gasteiger partial charge on any atom is 0.308 e. The van der Waals surface area contributed by atoms with Gasteiger partial charge in [0.1, 0.15) is 0 Å². The van der Waals surface area contributed by atoms with E-state index in [-0.39, 0.29) is 24.9 Å². The minimum Gasteiger partial charge on any atom is -0.469 e. The molecule has 94 valence electrons. The van der Waals surface area contributed by atoms with E-state index in [1.165, 1.54) is 18.9 Å². The summed E-state index contributed by atoms with van der Waals surface area (Å²) in [6, 6.07) is 0. The number of carbonyl (C=O) groups excluding carboxylic acids is 2. The van der Waals surface area contributed by atoms with Crippen LogP contribution in [0.4, 0.5) is 0 Å². The first-order valence-corrected chi connectivity index (χ1v) is 6.02. The van der Waals surface area contributed by atoms with Crippen LogP contribution in [0.5, 0.6) is 0 Å². The van der Waals surface area contributed by atoms with Crippen molar-refractivity contribution in [3.05, 3.63) is 0 Å². The van der Waals surface area contributed by atoms with Gasteiger partial charge in [0.05, 0.1) is 20.0 Å². The summed E-state index contributed by atoms with van der Waals surface area (Å²) in [5.74, 6) is -0.0371. The lowest BCUT2D eigenvalue weighted by atomic mass is 10.4. The van der Waals surface area contributed by atoms with Gasteiger partial charge in [0.2, 0.25) is 0 Å². The number of hydrogen-bond donors (Lipinski definition) is 1. The summed E-state index contributed by atoms with van der Waals surface area (Å²) in [7, 11) is 1.35. The molecule has 0 aliphatic heterocycles. The molecular formula is C10H19NO4S. The molecule has 0 unspecified atom stereocenters. The van der Waals surface area contributed by atoms with Crippen LogP contribution in [0.1, 0.15) is 26.7 Å². The van der Waals surface area contributed by atoms with Crippen LogP contribution < -0.4 is 5.73 Å². The van der Waals surface area contributed by atoms with Crippen LogP contribution in [0.2, 0.25) is 0 Å². The lowest BCUT2D eigenvalue weighted by molar-refractivity contribution is -0.149. The summed E-state index contributed by atoms with van der Waals surface area (Å²) in [5, 5.41) is 0. The van der Waals surface area contributed by atoms with Crippen LogP contribution in [0, 0.1) is 0 Å². The molecular weight excluding hydrogens is 230 g/mol. The van der Waals surface area contributed by atoms with Crippen molar-refractivity contribution in [2.45, 2.75) is 31.6 Å². The second-order valence-electron chi connectivity index (χ2n) is 3.59. The molecule has 0 aliphatic carbocycles. The van der Waals surface area contributed by atoms with Gasteiger partial charge in [-0.2, -0.15) is 0 Å². The van der Waals surface area contributed by atoms with Gasteiger partial charge in [-0.25, -0.2) is 0 Å². The molecule has 0 aromatic carbocycles. The second-order valence-corrected chi connectivity index (χ2v) is 5.27. The third-order valence-corrected chi connectivity index (χ3v) is 2.88. The number of hydrogen-bond acceptors (Lipinski definition) is 6. The molecule has 0 amide bonds. The van der Waals surface area contributed by atoms with Crippen molar-refractivity contribution in [2.24, 2.45) is 5.73 Å². The Labute approximate surface area is 100 Å². The van der Waals surface area contributed by atoms with Crippen LogP contribution in [0.25, 0.3) is 0 Å². The molecule has 0 spiro atoms. The van der Waals surface area contributed by atoms with Crippen LogP contribution in [0.3, 0.4) is 0 Å².